The Bertz CT molecular complexity index is 602. The van der Waals surface area contributed by atoms with E-state index in [1.54, 1.807) is 25.1 Å². The normalized spacial score (nSPS) is 14.9. The van der Waals surface area contributed by atoms with Crippen molar-refractivity contribution in [3.63, 3.8) is 0 Å². The van der Waals surface area contributed by atoms with Crippen molar-refractivity contribution in [3.8, 4) is 0 Å². The highest BCUT2D eigenvalue weighted by Gasteiger charge is 2.24. The number of hydrazone groups is 1. The maximum atomic E-state index is 11.8. The Hall–Kier alpha value is -1.59. The van der Waals surface area contributed by atoms with Gasteiger partial charge in [-0.05, 0) is 19.1 Å². The number of rotatable bonds is 4. The van der Waals surface area contributed by atoms with Crippen molar-refractivity contribution >= 4 is 40.8 Å². The lowest BCUT2D eigenvalue weighted by molar-refractivity contribution is -0.149. The molecule has 1 heterocycles. The molecule has 1 aliphatic rings. The molecule has 0 spiro atoms. The van der Waals surface area contributed by atoms with E-state index >= 15 is 0 Å². The molecule has 0 atom stereocenters. The molecule has 0 saturated heterocycles. The minimum Gasteiger partial charge on any atom is -0.465 e. The number of amides is 1. The van der Waals surface area contributed by atoms with Crippen LogP contribution in [0.15, 0.2) is 23.3 Å². The van der Waals surface area contributed by atoms with E-state index in [0.717, 1.165) is 5.01 Å². The van der Waals surface area contributed by atoms with E-state index in [4.69, 9.17) is 27.9 Å². The third-order valence-electron chi connectivity index (χ3n) is 2.93. The number of halogens is 2. The van der Waals surface area contributed by atoms with Crippen molar-refractivity contribution in [2.45, 2.75) is 19.8 Å². The molecular weight excluding hydrogens is 315 g/mol. The van der Waals surface area contributed by atoms with E-state index in [-0.39, 0.29) is 25.5 Å². The van der Waals surface area contributed by atoms with Gasteiger partial charge in [-0.1, -0.05) is 29.3 Å². The summed E-state index contributed by atoms with van der Waals surface area (Å²) in [5.74, 6) is -0.699. The van der Waals surface area contributed by atoms with Crippen LogP contribution in [0, 0.1) is 0 Å². The zero-order valence-electron chi connectivity index (χ0n) is 11.4. The third kappa shape index (κ3) is 3.95. The van der Waals surface area contributed by atoms with Crippen LogP contribution in [0.1, 0.15) is 25.3 Å². The van der Waals surface area contributed by atoms with Crippen LogP contribution in [0.2, 0.25) is 10.0 Å². The Morgan fingerprint density at radius 2 is 2.14 bits per heavy atom. The molecule has 1 aromatic rings. The van der Waals surface area contributed by atoms with Crippen LogP contribution in [0.3, 0.4) is 0 Å². The van der Waals surface area contributed by atoms with E-state index in [0.29, 0.717) is 27.7 Å². The maximum absolute atomic E-state index is 11.8. The summed E-state index contributed by atoms with van der Waals surface area (Å²) in [5.41, 5.74) is 1.36. The molecule has 0 unspecified atom stereocenters. The molecule has 0 aliphatic carbocycles. The van der Waals surface area contributed by atoms with E-state index < -0.39 is 5.97 Å². The number of benzene rings is 1. The van der Waals surface area contributed by atoms with E-state index in [1.807, 2.05) is 0 Å². The predicted molar refractivity (Wildman–Crippen MR) is 80.6 cm³/mol. The van der Waals surface area contributed by atoms with E-state index in [9.17, 15) is 9.59 Å². The van der Waals surface area contributed by atoms with Gasteiger partial charge < -0.3 is 4.74 Å². The Labute approximate surface area is 132 Å². The highest BCUT2D eigenvalue weighted by atomic mass is 35.5. The molecular formula is C14H14Cl2N2O3. The molecule has 0 bridgehead atoms. The zero-order valence-corrected chi connectivity index (χ0v) is 12.9. The average molecular weight is 329 g/mol. The van der Waals surface area contributed by atoms with Crippen molar-refractivity contribution in [1.29, 1.82) is 0 Å². The Kier molecular flexibility index (Phi) is 5.20. The van der Waals surface area contributed by atoms with Gasteiger partial charge in [0, 0.05) is 23.4 Å². The summed E-state index contributed by atoms with van der Waals surface area (Å²) in [4.78, 5) is 23.3. The Morgan fingerprint density at radius 1 is 1.38 bits per heavy atom. The van der Waals surface area contributed by atoms with Crippen molar-refractivity contribution in [2.24, 2.45) is 5.10 Å². The quantitative estimate of drug-likeness (QED) is 0.798. The van der Waals surface area contributed by atoms with E-state index in [2.05, 4.69) is 5.10 Å². The predicted octanol–water partition coefficient (Wildman–Crippen LogP) is 2.88. The van der Waals surface area contributed by atoms with E-state index in [1.165, 1.54) is 0 Å². The minimum atomic E-state index is -0.488. The van der Waals surface area contributed by atoms with Gasteiger partial charge in [0.15, 0.2) is 0 Å². The first-order valence-corrected chi connectivity index (χ1v) is 7.25. The summed E-state index contributed by atoms with van der Waals surface area (Å²) < 4.78 is 4.83. The van der Waals surface area contributed by atoms with Gasteiger partial charge in [-0.3, -0.25) is 9.59 Å². The van der Waals surface area contributed by atoms with Crippen LogP contribution in [-0.4, -0.2) is 35.7 Å². The summed E-state index contributed by atoms with van der Waals surface area (Å²) in [6.45, 7) is 1.78. The molecule has 21 heavy (non-hydrogen) atoms. The van der Waals surface area contributed by atoms with Crippen molar-refractivity contribution in [3.05, 3.63) is 33.8 Å². The number of hydrogen-bond donors (Lipinski definition) is 0. The molecule has 1 aromatic carbocycles. The van der Waals surface area contributed by atoms with Crippen molar-refractivity contribution < 1.29 is 14.3 Å². The molecule has 1 aliphatic heterocycles. The largest absolute Gasteiger partial charge is 0.465 e. The van der Waals surface area contributed by atoms with Crippen LogP contribution in [0.25, 0.3) is 0 Å². The van der Waals surface area contributed by atoms with Gasteiger partial charge in [0.05, 0.1) is 17.3 Å². The molecule has 1 amide bonds. The molecule has 0 aromatic heterocycles. The third-order valence-corrected chi connectivity index (χ3v) is 3.48. The lowest BCUT2D eigenvalue weighted by Crippen LogP contribution is -2.36. The Morgan fingerprint density at radius 3 is 2.81 bits per heavy atom. The fraction of sp³-hybridized carbons (Fsp3) is 0.357. The van der Waals surface area contributed by atoms with Gasteiger partial charge in [-0.15, -0.1) is 0 Å². The lowest BCUT2D eigenvalue weighted by Gasteiger charge is -2.23. The van der Waals surface area contributed by atoms with Gasteiger partial charge in [0.2, 0.25) is 5.91 Å². The molecule has 0 saturated carbocycles. The topological polar surface area (TPSA) is 59.0 Å². The van der Waals surface area contributed by atoms with Crippen LogP contribution in [0.5, 0.6) is 0 Å². The molecule has 0 radical (unpaired) electrons. The maximum Gasteiger partial charge on any atom is 0.327 e. The fourth-order valence-electron chi connectivity index (χ4n) is 1.97. The first kappa shape index (κ1) is 15.8. The number of carbonyl (C=O) groups is 2. The SMILES string of the molecule is CCOC(=O)CN1N=C(c2ccc(Cl)cc2Cl)CCC1=O. The summed E-state index contributed by atoms with van der Waals surface area (Å²) in [6.07, 6.45) is 0.747. The summed E-state index contributed by atoms with van der Waals surface area (Å²) in [5, 5.41) is 6.34. The second-order valence-electron chi connectivity index (χ2n) is 4.43. The smallest absolute Gasteiger partial charge is 0.327 e. The van der Waals surface area contributed by atoms with Gasteiger partial charge in [0.1, 0.15) is 6.54 Å². The fourth-order valence-corrected chi connectivity index (χ4v) is 2.49. The first-order chi connectivity index (χ1) is 10.0. The van der Waals surface area contributed by atoms with Gasteiger partial charge in [-0.25, -0.2) is 5.01 Å². The van der Waals surface area contributed by atoms with Crippen molar-refractivity contribution in [2.75, 3.05) is 13.2 Å². The molecule has 5 nitrogen and oxygen atoms in total. The highest BCUT2D eigenvalue weighted by molar-refractivity contribution is 6.37. The average Bonchev–Trinajstić information content (AvgIpc) is 2.42. The summed E-state index contributed by atoms with van der Waals surface area (Å²) in [6, 6.07) is 5.08. The second-order valence-corrected chi connectivity index (χ2v) is 5.27. The van der Waals surface area contributed by atoms with Crippen LogP contribution >= 0.6 is 23.2 Å². The highest BCUT2D eigenvalue weighted by Crippen LogP contribution is 2.25. The first-order valence-electron chi connectivity index (χ1n) is 6.50. The van der Waals surface area contributed by atoms with Crippen LogP contribution in [-0.2, 0) is 14.3 Å². The summed E-state index contributed by atoms with van der Waals surface area (Å²) >= 11 is 12.0. The second kappa shape index (κ2) is 6.91. The van der Waals surface area contributed by atoms with Gasteiger partial charge in [-0.2, -0.15) is 5.10 Å². The number of nitrogens with zero attached hydrogens (tertiary/aromatic N) is 2. The van der Waals surface area contributed by atoms with Crippen LogP contribution < -0.4 is 0 Å². The van der Waals surface area contributed by atoms with Crippen LogP contribution in [0.4, 0.5) is 0 Å². The number of ether oxygens (including phenoxy) is 1. The van der Waals surface area contributed by atoms with Gasteiger partial charge >= 0.3 is 5.97 Å². The molecule has 2 rings (SSSR count). The molecule has 7 heteroatoms. The molecule has 0 N–H and O–H groups in total. The standard InChI is InChI=1S/C14H14Cl2N2O3/c1-2-21-14(20)8-18-13(19)6-5-12(17-18)10-4-3-9(15)7-11(10)16/h3-4,7H,2,5-6,8H2,1H3. The summed E-state index contributed by atoms with van der Waals surface area (Å²) in [7, 11) is 0. The molecule has 0 fully saturated rings. The number of esters is 1. The molecule has 112 valence electrons. The number of hydrogen-bond acceptors (Lipinski definition) is 4. The lowest BCUT2D eigenvalue weighted by atomic mass is 10.0. The Balaban J connectivity index is 2.23. The minimum absolute atomic E-state index is 0.193. The van der Waals surface area contributed by atoms with Crippen molar-refractivity contribution in [1.82, 2.24) is 5.01 Å². The zero-order chi connectivity index (χ0) is 15.4. The monoisotopic (exact) mass is 328 g/mol. The number of carbonyl (C=O) groups excluding carboxylic acids is 2. The van der Waals surface area contributed by atoms with Gasteiger partial charge in [0.25, 0.3) is 0 Å².